The van der Waals surface area contributed by atoms with Crippen LogP contribution >= 0.6 is 0 Å². The van der Waals surface area contributed by atoms with Crippen molar-refractivity contribution in [1.82, 2.24) is 14.8 Å². The number of hydrogen-bond donors (Lipinski definition) is 1. The van der Waals surface area contributed by atoms with Crippen LogP contribution in [-0.2, 0) is 0 Å². The molecule has 0 radical (unpaired) electrons. The van der Waals surface area contributed by atoms with Gasteiger partial charge < -0.3 is 9.84 Å². The van der Waals surface area contributed by atoms with Gasteiger partial charge in [0.1, 0.15) is 17.9 Å². The lowest BCUT2D eigenvalue weighted by molar-refractivity contribution is 0.111. The highest BCUT2D eigenvalue weighted by atomic mass is 16.5. The van der Waals surface area contributed by atoms with E-state index in [1.807, 2.05) is 6.20 Å². The minimum Gasteiger partial charge on any atom is -0.505 e. The van der Waals surface area contributed by atoms with Gasteiger partial charge in [-0.1, -0.05) is 12.8 Å². The fourth-order valence-corrected chi connectivity index (χ4v) is 4.27. The number of aromatic nitrogens is 3. The number of nitrogens with zero attached hydrogens (tertiary/aromatic N) is 3. The third-order valence-electron chi connectivity index (χ3n) is 5.68. The van der Waals surface area contributed by atoms with Gasteiger partial charge in [-0.25, -0.2) is 0 Å². The number of hydrogen-bond acceptors (Lipinski definition) is 5. The first kappa shape index (κ1) is 17.8. The molecule has 0 aliphatic heterocycles. The topological polar surface area (TPSA) is 77.2 Å². The Bertz CT molecular complexity index is 850. The van der Waals surface area contributed by atoms with Gasteiger partial charge in [0.2, 0.25) is 0 Å². The zero-order valence-electron chi connectivity index (χ0n) is 15.4. The molecule has 6 heteroatoms. The predicted molar refractivity (Wildman–Crippen MR) is 102 cm³/mol. The first-order valence-electron chi connectivity index (χ1n) is 9.77. The van der Waals surface area contributed by atoms with Gasteiger partial charge in [-0.05, 0) is 55.7 Å². The van der Waals surface area contributed by atoms with Gasteiger partial charge in [0.05, 0.1) is 24.1 Å². The van der Waals surface area contributed by atoms with E-state index in [4.69, 9.17) is 4.74 Å². The molecule has 4 rings (SSSR count). The largest absolute Gasteiger partial charge is 0.505 e. The molecule has 0 atom stereocenters. The molecule has 1 saturated carbocycles. The van der Waals surface area contributed by atoms with E-state index in [0.717, 1.165) is 19.3 Å². The fraction of sp³-hybridized carbons (Fsp3) is 0.476. The van der Waals surface area contributed by atoms with E-state index in [0.29, 0.717) is 24.7 Å². The molecule has 0 aromatic carbocycles. The molecule has 0 bridgehead atoms. The molecule has 1 N–H and O–H groups in total. The van der Waals surface area contributed by atoms with Crippen molar-refractivity contribution < 1.29 is 14.6 Å². The van der Waals surface area contributed by atoms with Gasteiger partial charge in [-0.15, -0.1) is 0 Å². The van der Waals surface area contributed by atoms with Gasteiger partial charge >= 0.3 is 0 Å². The molecule has 2 aliphatic carbocycles. The average molecular weight is 367 g/mol. The highest BCUT2D eigenvalue weighted by Gasteiger charge is 2.24. The summed E-state index contributed by atoms with van der Waals surface area (Å²) in [6, 6.07) is 2.62. The van der Waals surface area contributed by atoms with Crippen LogP contribution in [0.2, 0.25) is 0 Å². The summed E-state index contributed by atoms with van der Waals surface area (Å²) >= 11 is 0. The number of allylic oxidation sites excluding steroid dienone is 1. The summed E-state index contributed by atoms with van der Waals surface area (Å²) in [5.41, 5.74) is 3.94. The maximum atomic E-state index is 11.3. The number of ether oxygens (including phenoxy) is 1. The highest BCUT2D eigenvalue weighted by molar-refractivity contribution is 5.82. The lowest BCUT2D eigenvalue weighted by Gasteiger charge is -2.23. The van der Waals surface area contributed by atoms with E-state index in [9.17, 15) is 9.90 Å². The highest BCUT2D eigenvalue weighted by Crippen LogP contribution is 2.37. The monoisotopic (exact) mass is 367 g/mol. The molecule has 2 aliphatic rings. The molecule has 0 amide bonds. The Kier molecular flexibility index (Phi) is 5.23. The van der Waals surface area contributed by atoms with Crippen molar-refractivity contribution in [3.05, 3.63) is 41.5 Å². The molecule has 0 saturated heterocycles. The summed E-state index contributed by atoms with van der Waals surface area (Å²) in [5.74, 6) is 0.173. The minimum atomic E-state index is -0.153. The van der Waals surface area contributed by atoms with Crippen LogP contribution in [0, 0.1) is 0 Å². The number of aromatic hydroxyl groups is 1. The molecule has 0 spiro atoms. The van der Waals surface area contributed by atoms with Crippen LogP contribution in [0.4, 0.5) is 0 Å². The first-order chi connectivity index (χ1) is 13.3. The van der Waals surface area contributed by atoms with Crippen LogP contribution in [0.1, 0.15) is 73.5 Å². The Labute approximate surface area is 158 Å². The lowest BCUT2D eigenvalue weighted by atomic mass is 9.90. The average Bonchev–Trinajstić information content (AvgIpc) is 3.38. The van der Waals surface area contributed by atoms with E-state index < -0.39 is 0 Å². The van der Waals surface area contributed by atoms with Crippen LogP contribution in [0.5, 0.6) is 11.5 Å². The summed E-state index contributed by atoms with van der Waals surface area (Å²) < 4.78 is 8.11. The summed E-state index contributed by atoms with van der Waals surface area (Å²) in [4.78, 5) is 15.2. The Hall–Kier alpha value is -2.63. The number of rotatable bonds is 6. The maximum absolute atomic E-state index is 11.3. The zero-order chi connectivity index (χ0) is 18.6. The number of aldehydes is 1. The molecule has 0 unspecified atom stereocenters. The predicted octanol–water partition coefficient (Wildman–Crippen LogP) is 4.32. The minimum absolute atomic E-state index is 0.152. The summed E-state index contributed by atoms with van der Waals surface area (Å²) in [6.45, 7) is 0.400. The van der Waals surface area contributed by atoms with Gasteiger partial charge in [-0.3, -0.25) is 14.5 Å². The first-order valence-corrected chi connectivity index (χ1v) is 9.77. The van der Waals surface area contributed by atoms with Crippen molar-refractivity contribution in [2.75, 3.05) is 6.61 Å². The normalized spacial score (nSPS) is 18.1. The lowest BCUT2D eigenvalue weighted by Crippen LogP contribution is -2.14. The van der Waals surface area contributed by atoms with Crippen LogP contribution < -0.4 is 4.74 Å². The van der Waals surface area contributed by atoms with Gasteiger partial charge in [-0.2, -0.15) is 5.10 Å². The molecule has 2 aromatic heterocycles. The van der Waals surface area contributed by atoms with Gasteiger partial charge in [0.15, 0.2) is 12.0 Å². The van der Waals surface area contributed by atoms with Crippen molar-refractivity contribution in [3.8, 4) is 11.5 Å². The zero-order valence-corrected chi connectivity index (χ0v) is 15.4. The molecule has 2 aromatic rings. The van der Waals surface area contributed by atoms with Crippen molar-refractivity contribution in [3.63, 3.8) is 0 Å². The number of carbonyl (C=O) groups excluding carboxylic acids is 1. The Morgan fingerprint density at radius 2 is 2.00 bits per heavy atom. The van der Waals surface area contributed by atoms with Crippen molar-refractivity contribution in [2.24, 2.45) is 0 Å². The quantitative estimate of drug-likeness (QED) is 0.770. The van der Waals surface area contributed by atoms with Gasteiger partial charge in [0.25, 0.3) is 0 Å². The van der Waals surface area contributed by atoms with Crippen LogP contribution in [0.3, 0.4) is 0 Å². The standard InChI is InChI=1S/C21H25N3O3/c25-13-18-20(26)11-22-12-21(18)27-14-15-5-1-4-8-17(15)19-9-10-23-24(19)16-6-2-3-7-16/h9-13,16,26H,1-8,14H2. The van der Waals surface area contributed by atoms with E-state index in [1.54, 1.807) is 0 Å². The molecular weight excluding hydrogens is 342 g/mol. The van der Waals surface area contributed by atoms with Crippen LogP contribution in [-0.4, -0.2) is 32.8 Å². The Morgan fingerprint density at radius 3 is 2.81 bits per heavy atom. The van der Waals surface area contributed by atoms with E-state index in [-0.39, 0.29) is 11.3 Å². The SMILES string of the molecule is O=Cc1c(O)cncc1OCC1=C(c2ccnn2C2CCCC2)CCCC1. The second kappa shape index (κ2) is 7.94. The van der Waals surface area contributed by atoms with Crippen molar-refractivity contribution in [1.29, 1.82) is 0 Å². The summed E-state index contributed by atoms with van der Waals surface area (Å²) in [5, 5.41) is 14.4. The molecule has 1 fully saturated rings. The molecular formula is C21H25N3O3. The molecule has 2 heterocycles. The fourth-order valence-electron chi connectivity index (χ4n) is 4.27. The third-order valence-corrected chi connectivity index (χ3v) is 5.68. The smallest absolute Gasteiger partial charge is 0.157 e. The van der Waals surface area contributed by atoms with Crippen LogP contribution in [0.25, 0.3) is 5.57 Å². The maximum Gasteiger partial charge on any atom is 0.157 e. The van der Waals surface area contributed by atoms with E-state index >= 15 is 0 Å². The van der Waals surface area contributed by atoms with Crippen LogP contribution in [0.15, 0.2) is 30.2 Å². The number of pyridine rings is 1. The summed E-state index contributed by atoms with van der Waals surface area (Å²) in [7, 11) is 0. The molecule has 142 valence electrons. The van der Waals surface area contributed by atoms with Crippen molar-refractivity contribution >= 4 is 11.9 Å². The Morgan fingerprint density at radius 1 is 1.19 bits per heavy atom. The third kappa shape index (κ3) is 3.61. The molecule has 27 heavy (non-hydrogen) atoms. The van der Waals surface area contributed by atoms with Gasteiger partial charge in [0, 0.05) is 6.20 Å². The Balaban J connectivity index is 1.61. The molecule has 6 nitrogen and oxygen atoms in total. The number of carbonyl (C=O) groups is 1. The second-order valence-electron chi connectivity index (χ2n) is 7.37. The second-order valence-corrected chi connectivity index (χ2v) is 7.37. The van der Waals surface area contributed by atoms with E-state index in [1.165, 1.54) is 61.3 Å². The van der Waals surface area contributed by atoms with Crippen molar-refractivity contribution in [2.45, 2.75) is 57.4 Å². The van der Waals surface area contributed by atoms with E-state index in [2.05, 4.69) is 20.8 Å². The summed E-state index contributed by atoms with van der Waals surface area (Å²) in [6.07, 6.45) is 14.5.